The largest absolute Gasteiger partial charge is 0.481 e. The number of hydrogen-bond acceptors (Lipinski definition) is 4. The molecule has 0 radical (unpaired) electrons. The van der Waals surface area contributed by atoms with E-state index in [4.69, 9.17) is 4.74 Å². The first-order valence-electron chi connectivity index (χ1n) is 8.69. The highest BCUT2D eigenvalue weighted by Crippen LogP contribution is 2.34. The van der Waals surface area contributed by atoms with Crippen molar-refractivity contribution in [3.8, 4) is 0 Å². The number of carboxylic acid groups (broad SMARTS) is 1. The molecule has 0 spiro atoms. The Labute approximate surface area is 159 Å². The van der Waals surface area contributed by atoms with E-state index in [0.29, 0.717) is 5.56 Å². The van der Waals surface area contributed by atoms with Crippen LogP contribution in [0.3, 0.4) is 0 Å². The predicted octanol–water partition coefficient (Wildman–Crippen LogP) is 3.83. The van der Waals surface area contributed by atoms with Crippen molar-refractivity contribution in [2.45, 2.75) is 26.5 Å². The molecule has 0 aliphatic heterocycles. The summed E-state index contributed by atoms with van der Waals surface area (Å²) < 4.78 is 5.27. The summed E-state index contributed by atoms with van der Waals surface area (Å²) in [7, 11) is 3.85. The summed E-state index contributed by atoms with van der Waals surface area (Å²) in [6.45, 7) is 3.28. The lowest BCUT2D eigenvalue weighted by atomic mass is 9.80. The quantitative estimate of drug-likeness (QED) is 0.774. The Morgan fingerprint density at radius 1 is 1.07 bits per heavy atom. The first kappa shape index (κ1) is 20.3. The van der Waals surface area contributed by atoms with Crippen LogP contribution in [0.15, 0.2) is 54.6 Å². The van der Waals surface area contributed by atoms with Crippen LogP contribution in [0.25, 0.3) is 0 Å². The lowest BCUT2D eigenvalue weighted by molar-refractivity contribution is -0.148. The third kappa shape index (κ3) is 5.23. The number of carboxylic acids is 1. The number of nitrogens with one attached hydrogen (secondary N) is 1. The number of benzene rings is 2. The highest BCUT2D eigenvalue weighted by atomic mass is 16.5. The second-order valence-corrected chi connectivity index (χ2v) is 7.15. The molecule has 0 heterocycles. The fraction of sp³-hybridized carbons (Fsp3) is 0.333. The minimum atomic E-state index is -1.22. The Kier molecular flexibility index (Phi) is 6.45. The summed E-state index contributed by atoms with van der Waals surface area (Å²) in [6, 6.07) is 16.0. The first-order chi connectivity index (χ1) is 12.7. The predicted molar refractivity (Wildman–Crippen MR) is 105 cm³/mol. The Morgan fingerprint density at radius 2 is 1.67 bits per heavy atom. The summed E-state index contributed by atoms with van der Waals surface area (Å²) in [6.07, 6.45) is -0.658. The topological polar surface area (TPSA) is 78.9 Å². The van der Waals surface area contributed by atoms with E-state index in [1.165, 1.54) is 0 Å². The number of alkyl carbamates (subject to hydrolysis) is 1. The monoisotopic (exact) mass is 370 g/mol. The standard InChI is InChI=1S/C21H26N2O4/c1-21(2,19(24)25)18(16-10-12-17(13-11-16)23(3)4)22-20(26)27-14-15-8-6-5-7-9-15/h5-13,18H,14H2,1-4H3,(H,22,26)(H,24,25)/t18-/m1/s1. The third-order valence-corrected chi connectivity index (χ3v) is 4.49. The minimum absolute atomic E-state index is 0.118. The molecule has 0 fully saturated rings. The van der Waals surface area contributed by atoms with Crippen molar-refractivity contribution in [3.05, 3.63) is 65.7 Å². The number of anilines is 1. The van der Waals surface area contributed by atoms with E-state index in [2.05, 4.69) is 5.32 Å². The number of rotatable bonds is 7. The molecule has 2 rings (SSSR count). The van der Waals surface area contributed by atoms with Gasteiger partial charge in [-0.15, -0.1) is 0 Å². The van der Waals surface area contributed by atoms with Crippen LogP contribution >= 0.6 is 0 Å². The van der Waals surface area contributed by atoms with E-state index >= 15 is 0 Å². The van der Waals surface area contributed by atoms with E-state index in [-0.39, 0.29) is 6.61 Å². The maximum Gasteiger partial charge on any atom is 0.407 e. The fourth-order valence-electron chi connectivity index (χ4n) is 2.65. The molecule has 2 aromatic carbocycles. The van der Waals surface area contributed by atoms with E-state index < -0.39 is 23.5 Å². The highest BCUT2D eigenvalue weighted by Gasteiger charge is 2.39. The summed E-state index contributed by atoms with van der Waals surface area (Å²) in [4.78, 5) is 26.0. The molecule has 0 saturated carbocycles. The molecule has 2 aromatic rings. The molecular weight excluding hydrogens is 344 g/mol. The number of ether oxygens (including phenoxy) is 1. The van der Waals surface area contributed by atoms with Crippen LogP contribution in [0, 0.1) is 5.41 Å². The second kappa shape index (κ2) is 8.58. The zero-order valence-electron chi connectivity index (χ0n) is 16.1. The third-order valence-electron chi connectivity index (χ3n) is 4.49. The molecule has 0 bridgehead atoms. The first-order valence-corrected chi connectivity index (χ1v) is 8.69. The Morgan fingerprint density at radius 3 is 2.19 bits per heavy atom. The van der Waals surface area contributed by atoms with Gasteiger partial charge in [-0.3, -0.25) is 4.79 Å². The average Bonchev–Trinajstić information content (AvgIpc) is 2.65. The van der Waals surface area contributed by atoms with Crippen LogP contribution in [0.5, 0.6) is 0 Å². The van der Waals surface area contributed by atoms with Crippen molar-refractivity contribution in [2.75, 3.05) is 19.0 Å². The van der Waals surface area contributed by atoms with Gasteiger partial charge < -0.3 is 20.1 Å². The van der Waals surface area contributed by atoms with Crippen LogP contribution in [-0.2, 0) is 16.1 Å². The smallest absolute Gasteiger partial charge is 0.407 e. The molecule has 6 heteroatoms. The zero-order chi connectivity index (χ0) is 20.0. The molecule has 0 aliphatic rings. The van der Waals surface area contributed by atoms with Gasteiger partial charge in [0, 0.05) is 19.8 Å². The summed E-state index contributed by atoms with van der Waals surface area (Å²) in [5, 5.41) is 12.4. The fourth-order valence-corrected chi connectivity index (χ4v) is 2.65. The summed E-state index contributed by atoms with van der Waals surface area (Å²) in [5.74, 6) is -1.01. The number of aliphatic carboxylic acids is 1. The minimum Gasteiger partial charge on any atom is -0.481 e. The van der Waals surface area contributed by atoms with Crippen molar-refractivity contribution in [2.24, 2.45) is 5.41 Å². The lowest BCUT2D eigenvalue weighted by Crippen LogP contribution is -2.42. The molecule has 27 heavy (non-hydrogen) atoms. The van der Waals surface area contributed by atoms with Crippen molar-refractivity contribution in [3.63, 3.8) is 0 Å². The Hall–Kier alpha value is -3.02. The van der Waals surface area contributed by atoms with Crippen molar-refractivity contribution in [1.29, 1.82) is 0 Å². The van der Waals surface area contributed by atoms with Crippen LogP contribution in [0.4, 0.5) is 10.5 Å². The van der Waals surface area contributed by atoms with E-state index in [1.807, 2.05) is 73.6 Å². The van der Waals surface area contributed by atoms with Gasteiger partial charge in [-0.1, -0.05) is 42.5 Å². The molecule has 1 amide bonds. The van der Waals surface area contributed by atoms with Gasteiger partial charge in [-0.2, -0.15) is 0 Å². The molecule has 2 N–H and O–H groups in total. The summed E-state index contributed by atoms with van der Waals surface area (Å²) in [5.41, 5.74) is 1.32. The summed E-state index contributed by atoms with van der Waals surface area (Å²) >= 11 is 0. The van der Waals surface area contributed by atoms with Gasteiger partial charge in [0.05, 0.1) is 11.5 Å². The number of carbonyl (C=O) groups excluding carboxylic acids is 1. The molecule has 0 unspecified atom stereocenters. The van der Waals surface area contributed by atoms with Gasteiger partial charge in [-0.25, -0.2) is 4.79 Å². The van der Waals surface area contributed by atoms with Crippen molar-refractivity contribution < 1.29 is 19.4 Å². The highest BCUT2D eigenvalue weighted by molar-refractivity contribution is 5.77. The van der Waals surface area contributed by atoms with Crippen molar-refractivity contribution in [1.82, 2.24) is 5.32 Å². The van der Waals surface area contributed by atoms with Crippen LogP contribution < -0.4 is 10.2 Å². The SMILES string of the molecule is CN(C)c1ccc([C@@H](NC(=O)OCc2ccccc2)C(C)(C)C(=O)O)cc1. The van der Waals surface area contributed by atoms with Gasteiger partial charge in [0.1, 0.15) is 6.61 Å². The molecule has 0 aliphatic carbocycles. The molecule has 144 valence electrons. The number of nitrogens with zero attached hydrogens (tertiary/aromatic N) is 1. The van der Waals surface area contributed by atoms with Crippen LogP contribution in [0.1, 0.15) is 31.0 Å². The van der Waals surface area contributed by atoms with Gasteiger partial charge >= 0.3 is 12.1 Å². The molecule has 0 aromatic heterocycles. The van der Waals surface area contributed by atoms with Crippen LogP contribution in [0.2, 0.25) is 0 Å². The van der Waals surface area contributed by atoms with Crippen LogP contribution in [-0.4, -0.2) is 31.3 Å². The molecule has 1 atom stereocenters. The molecule has 0 saturated heterocycles. The van der Waals surface area contributed by atoms with E-state index in [0.717, 1.165) is 11.3 Å². The van der Waals surface area contributed by atoms with Gasteiger partial charge in [0.2, 0.25) is 0 Å². The Bertz CT molecular complexity index is 771. The number of carbonyl (C=O) groups is 2. The van der Waals surface area contributed by atoms with E-state index in [1.54, 1.807) is 13.8 Å². The average molecular weight is 370 g/mol. The maximum atomic E-state index is 12.3. The van der Waals surface area contributed by atoms with E-state index in [9.17, 15) is 14.7 Å². The second-order valence-electron chi connectivity index (χ2n) is 7.15. The van der Waals surface area contributed by atoms with Gasteiger partial charge in [0.15, 0.2) is 0 Å². The Balaban J connectivity index is 2.17. The van der Waals surface area contributed by atoms with Crippen molar-refractivity contribution >= 4 is 17.7 Å². The maximum absolute atomic E-state index is 12.3. The number of amides is 1. The normalized spacial score (nSPS) is 12.1. The molecule has 6 nitrogen and oxygen atoms in total. The molecular formula is C21H26N2O4. The van der Waals surface area contributed by atoms with Gasteiger partial charge in [-0.05, 0) is 37.1 Å². The lowest BCUT2D eigenvalue weighted by Gasteiger charge is -2.31. The van der Waals surface area contributed by atoms with Gasteiger partial charge in [0.25, 0.3) is 0 Å². The zero-order valence-corrected chi connectivity index (χ0v) is 16.1. The number of hydrogen-bond donors (Lipinski definition) is 2.